The minimum absolute atomic E-state index is 0.0228. The smallest absolute Gasteiger partial charge is 0.143 e. The lowest BCUT2D eigenvalue weighted by Gasteiger charge is -2.31. The van der Waals surface area contributed by atoms with Gasteiger partial charge >= 0.3 is 0 Å². The Morgan fingerprint density at radius 1 is 1.31 bits per heavy atom. The fraction of sp³-hybridized carbons (Fsp3) is 0.929. The maximum absolute atomic E-state index is 5.65. The predicted octanol–water partition coefficient (Wildman–Crippen LogP) is 4.54. The van der Waals surface area contributed by atoms with Crippen molar-refractivity contribution in [3.8, 4) is 0 Å². The van der Waals surface area contributed by atoms with Gasteiger partial charge in [-0.2, -0.15) is 0 Å². The Morgan fingerprint density at radius 2 is 2.06 bits per heavy atom. The summed E-state index contributed by atoms with van der Waals surface area (Å²) in [6, 6.07) is 0. The van der Waals surface area contributed by atoms with E-state index in [2.05, 4.69) is 32.9 Å². The van der Waals surface area contributed by atoms with Gasteiger partial charge < -0.3 is 4.84 Å². The first kappa shape index (κ1) is 13.5. The van der Waals surface area contributed by atoms with Crippen molar-refractivity contribution in [1.82, 2.24) is 0 Å². The van der Waals surface area contributed by atoms with Gasteiger partial charge in [-0.25, -0.2) is 0 Å². The summed E-state index contributed by atoms with van der Waals surface area (Å²) in [5.41, 5.74) is 1.12. The van der Waals surface area contributed by atoms with Gasteiger partial charge in [-0.1, -0.05) is 44.7 Å². The van der Waals surface area contributed by atoms with E-state index in [-0.39, 0.29) is 5.60 Å². The van der Waals surface area contributed by atoms with Crippen LogP contribution in [0.2, 0.25) is 0 Å². The normalized spacial score (nSPS) is 26.4. The zero-order valence-electron chi connectivity index (χ0n) is 11.4. The maximum Gasteiger partial charge on any atom is 0.143 e. The summed E-state index contributed by atoms with van der Waals surface area (Å²) < 4.78 is 0. The molecule has 16 heavy (non-hydrogen) atoms. The van der Waals surface area contributed by atoms with Crippen LogP contribution in [0.3, 0.4) is 0 Å². The lowest BCUT2D eigenvalue weighted by Crippen LogP contribution is -2.34. The van der Waals surface area contributed by atoms with E-state index in [9.17, 15) is 0 Å². The van der Waals surface area contributed by atoms with Gasteiger partial charge in [-0.05, 0) is 26.7 Å². The summed E-state index contributed by atoms with van der Waals surface area (Å²) in [6.07, 6.45) is 8.88. The number of hydrogen-bond acceptors (Lipinski definition) is 2. The Balaban J connectivity index is 2.36. The van der Waals surface area contributed by atoms with Crippen molar-refractivity contribution < 1.29 is 4.84 Å². The van der Waals surface area contributed by atoms with Crippen molar-refractivity contribution >= 4 is 5.71 Å². The average molecular weight is 225 g/mol. The zero-order valence-corrected chi connectivity index (χ0v) is 11.4. The van der Waals surface area contributed by atoms with E-state index in [0.717, 1.165) is 12.1 Å². The van der Waals surface area contributed by atoms with Crippen LogP contribution in [-0.4, -0.2) is 11.3 Å². The van der Waals surface area contributed by atoms with Gasteiger partial charge in [0.15, 0.2) is 0 Å². The highest BCUT2D eigenvalue weighted by atomic mass is 16.7. The molecule has 2 unspecified atom stereocenters. The van der Waals surface area contributed by atoms with Crippen molar-refractivity contribution in [3.05, 3.63) is 0 Å². The average Bonchev–Trinajstić information content (AvgIpc) is 2.60. The van der Waals surface area contributed by atoms with Crippen molar-refractivity contribution in [2.45, 2.75) is 78.2 Å². The largest absolute Gasteiger partial charge is 0.389 e. The van der Waals surface area contributed by atoms with Crippen molar-refractivity contribution in [1.29, 1.82) is 0 Å². The molecule has 0 aromatic carbocycles. The molecule has 0 aliphatic carbocycles. The zero-order chi connectivity index (χ0) is 12.0. The van der Waals surface area contributed by atoms with E-state index in [1.54, 1.807) is 0 Å². The van der Waals surface area contributed by atoms with Gasteiger partial charge in [-0.3, -0.25) is 0 Å². The molecule has 2 heteroatoms. The first-order chi connectivity index (χ1) is 7.62. The Kier molecular flexibility index (Phi) is 5.30. The molecule has 1 heterocycles. The van der Waals surface area contributed by atoms with Crippen LogP contribution in [0.25, 0.3) is 0 Å². The monoisotopic (exact) mass is 225 g/mol. The molecule has 0 saturated heterocycles. The third kappa shape index (κ3) is 3.50. The van der Waals surface area contributed by atoms with Gasteiger partial charge in [-0.15, -0.1) is 0 Å². The lowest BCUT2D eigenvalue weighted by molar-refractivity contribution is -0.0537. The summed E-state index contributed by atoms with van der Waals surface area (Å²) in [5, 5.41) is 4.12. The molecule has 0 saturated carbocycles. The first-order valence-electron chi connectivity index (χ1n) is 6.84. The molecule has 2 nitrogen and oxygen atoms in total. The van der Waals surface area contributed by atoms with Crippen LogP contribution < -0.4 is 0 Å². The molecule has 1 aliphatic heterocycles. The molecular weight excluding hydrogens is 198 g/mol. The van der Waals surface area contributed by atoms with Crippen LogP contribution in [0.15, 0.2) is 5.16 Å². The second-order valence-electron chi connectivity index (χ2n) is 5.36. The Labute approximate surface area is 100 Å². The van der Waals surface area contributed by atoms with E-state index in [1.165, 1.54) is 38.5 Å². The SMILES string of the molecule is CCCCCCC(CC)C1(C)CC(C)=NO1. The molecule has 0 radical (unpaired) electrons. The van der Waals surface area contributed by atoms with Crippen molar-refractivity contribution in [2.24, 2.45) is 11.1 Å². The highest BCUT2D eigenvalue weighted by Crippen LogP contribution is 2.36. The molecule has 1 rings (SSSR count). The third-order valence-corrected chi connectivity index (χ3v) is 3.78. The second-order valence-corrected chi connectivity index (χ2v) is 5.36. The van der Waals surface area contributed by atoms with Gasteiger partial charge in [0.05, 0.1) is 5.71 Å². The molecule has 0 amide bonds. The second kappa shape index (κ2) is 6.27. The highest BCUT2D eigenvalue weighted by molar-refractivity contribution is 5.83. The Bertz CT molecular complexity index is 237. The van der Waals surface area contributed by atoms with E-state index in [1.807, 2.05) is 0 Å². The van der Waals surface area contributed by atoms with Gasteiger partial charge in [0, 0.05) is 12.3 Å². The first-order valence-corrected chi connectivity index (χ1v) is 6.84. The molecule has 2 atom stereocenters. The molecule has 94 valence electrons. The fourth-order valence-corrected chi connectivity index (χ4v) is 2.73. The van der Waals surface area contributed by atoms with Gasteiger partial charge in [0.1, 0.15) is 5.60 Å². The summed E-state index contributed by atoms with van der Waals surface area (Å²) >= 11 is 0. The van der Waals surface area contributed by atoms with Crippen LogP contribution in [-0.2, 0) is 4.84 Å². The third-order valence-electron chi connectivity index (χ3n) is 3.78. The van der Waals surface area contributed by atoms with Crippen molar-refractivity contribution in [2.75, 3.05) is 0 Å². The Hall–Kier alpha value is -0.530. The maximum atomic E-state index is 5.65. The topological polar surface area (TPSA) is 21.6 Å². The summed E-state index contributed by atoms with van der Waals surface area (Å²) in [4.78, 5) is 5.65. The van der Waals surface area contributed by atoms with Crippen LogP contribution in [0.1, 0.15) is 72.6 Å². The number of oxime groups is 1. The minimum Gasteiger partial charge on any atom is -0.389 e. The quantitative estimate of drug-likeness (QED) is 0.583. The van der Waals surface area contributed by atoms with E-state index < -0.39 is 0 Å². The highest BCUT2D eigenvalue weighted by Gasteiger charge is 2.39. The molecule has 0 N–H and O–H groups in total. The van der Waals surface area contributed by atoms with Crippen molar-refractivity contribution in [3.63, 3.8) is 0 Å². The van der Waals surface area contributed by atoms with E-state index in [0.29, 0.717) is 5.92 Å². The van der Waals surface area contributed by atoms with Crippen LogP contribution in [0.4, 0.5) is 0 Å². The van der Waals surface area contributed by atoms with Gasteiger partial charge in [0.25, 0.3) is 0 Å². The standard InChI is InChI=1S/C14H27NO/c1-5-7-8-9-10-13(6-2)14(4)11-12(3)15-16-14/h13H,5-11H2,1-4H3. The fourth-order valence-electron chi connectivity index (χ4n) is 2.73. The summed E-state index contributed by atoms with van der Waals surface area (Å²) in [5.74, 6) is 0.658. The lowest BCUT2D eigenvalue weighted by atomic mass is 9.80. The Morgan fingerprint density at radius 3 is 2.56 bits per heavy atom. The number of nitrogens with zero attached hydrogens (tertiary/aromatic N) is 1. The number of hydrogen-bond donors (Lipinski definition) is 0. The summed E-state index contributed by atoms with van der Waals surface area (Å²) in [6.45, 7) is 8.82. The molecule has 0 spiro atoms. The number of rotatable bonds is 7. The van der Waals surface area contributed by atoms with Crippen LogP contribution in [0.5, 0.6) is 0 Å². The molecular formula is C14H27NO. The number of unbranched alkanes of at least 4 members (excludes halogenated alkanes) is 3. The van der Waals surface area contributed by atoms with E-state index >= 15 is 0 Å². The van der Waals surface area contributed by atoms with Gasteiger partial charge in [0.2, 0.25) is 0 Å². The predicted molar refractivity (Wildman–Crippen MR) is 69.8 cm³/mol. The molecule has 0 aromatic rings. The molecule has 0 fully saturated rings. The molecule has 0 bridgehead atoms. The van der Waals surface area contributed by atoms with Crippen LogP contribution in [0, 0.1) is 5.92 Å². The molecule has 1 aliphatic rings. The van der Waals surface area contributed by atoms with E-state index in [4.69, 9.17) is 4.84 Å². The van der Waals surface area contributed by atoms with Crippen LogP contribution >= 0.6 is 0 Å². The summed E-state index contributed by atoms with van der Waals surface area (Å²) in [7, 11) is 0. The molecule has 0 aromatic heterocycles. The minimum atomic E-state index is -0.0228.